The highest BCUT2D eigenvalue weighted by Crippen LogP contribution is 2.40. The van der Waals surface area contributed by atoms with Gasteiger partial charge in [-0.2, -0.15) is 0 Å². The molecule has 214 valence electrons. The first-order chi connectivity index (χ1) is 18.9. The van der Waals surface area contributed by atoms with E-state index in [-0.39, 0.29) is 16.7 Å². The summed E-state index contributed by atoms with van der Waals surface area (Å²) >= 11 is 6.01. The van der Waals surface area contributed by atoms with Gasteiger partial charge in [0, 0.05) is 43.3 Å². The quantitative estimate of drug-likeness (QED) is 0.331. The zero-order valence-corrected chi connectivity index (χ0v) is 24.1. The van der Waals surface area contributed by atoms with E-state index in [2.05, 4.69) is 15.2 Å². The standard InChI is InChI=1S/C29H34ClFN4O5/c1-6-21-25(27(36)37)26(32-17-8-9-20(31)19(30)14-17)18-15-23(24(39-7-2)16-22(18)33-21)34-10-12-35(13-11-34)28(38)40-29(3,4)5/h8-9,14-16H,6-7,10-13H2,1-5H3,(H,32,33)(H,36,37). The maximum atomic E-state index is 13.8. The minimum absolute atomic E-state index is 0.0281. The molecule has 11 heteroatoms. The molecule has 1 saturated heterocycles. The van der Waals surface area contributed by atoms with Gasteiger partial charge in [-0.3, -0.25) is 4.98 Å². The Morgan fingerprint density at radius 3 is 2.40 bits per heavy atom. The fourth-order valence-corrected chi connectivity index (χ4v) is 4.82. The third kappa shape index (κ3) is 6.33. The number of carbonyl (C=O) groups is 2. The first-order valence-electron chi connectivity index (χ1n) is 13.2. The van der Waals surface area contributed by atoms with Crippen LogP contribution in [-0.2, 0) is 11.2 Å². The van der Waals surface area contributed by atoms with Crippen molar-refractivity contribution in [3.05, 3.63) is 52.4 Å². The van der Waals surface area contributed by atoms with Gasteiger partial charge in [-0.1, -0.05) is 18.5 Å². The van der Waals surface area contributed by atoms with Crippen LogP contribution < -0.4 is 15.0 Å². The Labute approximate surface area is 237 Å². The average molecular weight is 573 g/mol. The lowest BCUT2D eigenvalue weighted by Gasteiger charge is -2.37. The summed E-state index contributed by atoms with van der Waals surface area (Å²) in [6.07, 6.45) is 0.0249. The number of hydrogen-bond donors (Lipinski definition) is 2. The lowest BCUT2D eigenvalue weighted by molar-refractivity contribution is 0.0240. The van der Waals surface area contributed by atoms with Crippen molar-refractivity contribution < 1.29 is 28.6 Å². The molecule has 40 heavy (non-hydrogen) atoms. The van der Waals surface area contributed by atoms with Crippen LogP contribution in [0.25, 0.3) is 10.9 Å². The molecule has 3 aromatic rings. The zero-order chi connectivity index (χ0) is 29.2. The number of halogens is 2. The number of nitrogens with one attached hydrogen (secondary N) is 1. The fraction of sp³-hybridized carbons (Fsp3) is 0.414. The number of amides is 1. The van der Waals surface area contributed by atoms with E-state index in [4.69, 9.17) is 21.1 Å². The molecule has 0 saturated carbocycles. The predicted octanol–water partition coefficient (Wildman–Crippen LogP) is 6.49. The number of carbonyl (C=O) groups excluding carboxylic acids is 1. The van der Waals surface area contributed by atoms with Crippen LogP contribution in [0.2, 0.25) is 5.02 Å². The van der Waals surface area contributed by atoms with Crippen molar-refractivity contribution in [2.24, 2.45) is 0 Å². The number of pyridine rings is 1. The molecule has 2 heterocycles. The number of carboxylic acid groups (broad SMARTS) is 1. The largest absolute Gasteiger partial charge is 0.492 e. The van der Waals surface area contributed by atoms with Gasteiger partial charge in [-0.05, 0) is 58.4 Å². The average Bonchev–Trinajstić information content (AvgIpc) is 2.89. The van der Waals surface area contributed by atoms with E-state index in [1.165, 1.54) is 18.2 Å². The van der Waals surface area contributed by atoms with Crippen molar-refractivity contribution in [1.29, 1.82) is 0 Å². The van der Waals surface area contributed by atoms with Crippen LogP contribution >= 0.6 is 11.6 Å². The molecule has 0 atom stereocenters. The zero-order valence-electron chi connectivity index (χ0n) is 23.3. The molecule has 1 aliphatic rings. The molecule has 1 aliphatic heterocycles. The molecular formula is C29H34ClFN4O5. The summed E-state index contributed by atoms with van der Waals surface area (Å²) in [4.78, 5) is 33.5. The molecule has 9 nitrogen and oxygen atoms in total. The van der Waals surface area contributed by atoms with E-state index in [1.54, 1.807) is 4.90 Å². The van der Waals surface area contributed by atoms with E-state index in [0.29, 0.717) is 72.9 Å². The van der Waals surface area contributed by atoms with Gasteiger partial charge in [0.15, 0.2) is 0 Å². The van der Waals surface area contributed by atoms with Crippen molar-refractivity contribution >= 4 is 51.6 Å². The summed E-state index contributed by atoms with van der Waals surface area (Å²) in [5.41, 5.74) is 1.91. The number of benzene rings is 2. The summed E-state index contributed by atoms with van der Waals surface area (Å²) in [6.45, 7) is 11.6. The van der Waals surface area contributed by atoms with Crippen molar-refractivity contribution in [2.75, 3.05) is 43.0 Å². The number of hydrogen-bond acceptors (Lipinski definition) is 7. The van der Waals surface area contributed by atoms with E-state index < -0.39 is 17.4 Å². The lowest BCUT2D eigenvalue weighted by atomic mass is 10.0. The number of anilines is 3. The maximum Gasteiger partial charge on any atom is 0.410 e. The topological polar surface area (TPSA) is 104 Å². The molecule has 4 rings (SSSR count). The van der Waals surface area contributed by atoms with Crippen LogP contribution in [0, 0.1) is 5.82 Å². The second-order valence-electron chi connectivity index (χ2n) is 10.4. The van der Waals surface area contributed by atoms with Gasteiger partial charge >= 0.3 is 12.1 Å². The second-order valence-corrected chi connectivity index (χ2v) is 10.9. The predicted molar refractivity (Wildman–Crippen MR) is 154 cm³/mol. The number of piperazine rings is 1. The SMILES string of the molecule is CCOc1cc2nc(CC)c(C(=O)O)c(Nc3ccc(F)c(Cl)c3)c2cc1N1CCN(C(=O)OC(C)(C)C)CC1. The Balaban J connectivity index is 1.79. The smallest absolute Gasteiger partial charge is 0.410 e. The molecule has 1 fully saturated rings. The number of fused-ring (bicyclic) bond motifs is 1. The first kappa shape index (κ1) is 29.2. The van der Waals surface area contributed by atoms with Crippen LogP contribution in [0.15, 0.2) is 30.3 Å². The number of aryl methyl sites for hydroxylation is 1. The first-order valence-corrected chi connectivity index (χ1v) is 13.6. The number of aromatic nitrogens is 1. The highest BCUT2D eigenvalue weighted by Gasteiger charge is 2.28. The molecule has 1 aromatic heterocycles. The van der Waals surface area contributed by atoms with Crippen LogP contribution in [0.1, 0.15) is 50.7 Å². The second kappa shape index (κ2) is 11.8. The van der Waals surface area contributed by atoms with E-state index in [1.807, 2.05) is 46.8 Å². The fourth-order valence-electron chi connectivity index (χ4n) is 4.64. The minimum atomic E-state index is -1.14. The maximum absolute atomic E-state index is 13.8. The third-order valence-corrected chi connectivity index (χ3v) is 6.74. The Kier molecular flexibility index (Phi) is 8.58. The van der Waals surface area contributed by atoms with Crippen LogP contribution in [0.4, 0.5) is 26.2 Å². The van der Waals surface area contributed by atoms with Crippen molar-refractivity contribution in [2.45, 2.75) is 46.6 Å². The van der Waals surface area contributed by atoms with Gasteiger partial charge < -0.3 is 29.7 Å². The van der Waals surface area contributed by atoms with E-state index in [0.717, 1.165) is 5.69 Å². The lowest BCUT2D eigenvalue weighted by Crippen LogP contribution is -2.50. The van der Waals surface area contributed by atoms with Gasteiger partial charge in [0.2, 0.25) is 0 Å². The van der Waals surface area contributed by atoms with Crippen molar-refractivity contribution in [1.82, 2.24) is 9.88 Å². The Bertz CT molecular complexity index is 1430. The molecule has 2 N–H and O–H groups in total. The molecule has 0 radical (unpaired) electrons. The highest BCUT2D eigenvalue weighted by molar-refractivity contribution is 6.31. The molecular weight excluding hydrogens is 539 g/mol. The Morgan fingerprint density at radius 2 is 1.82 bits per heavy atom. The molecule has 0 bridgehead atoms. The van der Waals surface area contributed by atoms with Crippen LogP contribution in [0.5, 0.6) is 5.75 Å². The minimum Gasteiger partial charge on any atom is -0.492 e. The summed E-state index contributed by atoms with van der Waals surface area (Å²) in [7, 11) is 0. The Morgan fingerprint density at radius 1 is 1.12 bits per heavy atom. The van der Waals surface area contributed by atoms with Crippen molar-refractivity contribution in [3.63, 3.8) is 0 Å². The van der Waals surface area contributed by atoms with E-state index in [9.17, 15) is 19.1 Å². The van der Waals surface area contributed by atoms with E-state index >= 15 is 0 Å². The summed E-state index contributed by atoms with van der Waals surface area (Å²) in [5.74, 6) is -1.11. The molecule has 0 aliphatic carbocycles. The van der Waals surface area contributed by atoms with Gasteiger partial charge in [0.05, 0.1) is 34.2 Å². The highest BCUT2D eigenvalue weighted by atomic mass is 35.5. The summed E-state index contributed by atoms with van der Waals surface area (Å²) in [5, 5.41) is 13.8. The number of carboxylic acids is 1. The number of rotatable bonds is 7. The normalized spacial score (nSPS) is 13.9. The molecule has 0 spiro atoms. The van der Waals surface area contributed by atoms with Gasteiger partial charge in [-0.15, -0.1) is 0 Å². The van der Waals surface area contributed by atoms with Gasteiger partial charge in [-0.25, -0.2) is 14.0 Å². The third-order valence-electron chi connectivity index (χ3n) is 6.45. The molecule has 2 aromatic carbocycles. The molecule has 1 amide bonds. The van der Waals surface area contributed by atoms with Gasteiger partial charge in [0.1, 0.15) is 22.7 Å². The van der Waals surface area contributed by atoms with Gasteiger partial charge in [0.25, 0.3) is 0 Å². The number of aromatic carboxylic acids is 1. The monoisotopic (exact) mass is 572 g/mol. The summed E-state index contributed by atoms with van der Waals surface area (Å²) in [6, 6.07) is 7.79. The number of nitrogens with zero attached hydrogens (tertiary/aromatic N) is 3. The van der Waals surface area contributed by atoms with Crippen molar-refractivity contribution in [3.8, 4) is 5.75 Å². The Hall–Kier alpha value is -3.79. The number of ether oxygens (including phenoxy) is 2. The summed E-state index contributed by atoms with van der Waals surface area (Å²) < 4.78 is 25.4. The van der Waals surface area contributed by atoms with Crippen LogP contribution in [0.3, 0.4) is 0 Å². The molecule has 0 unspecified atom stereocenters. The van der Waals surface area contributed by atoms with Crippen LogP contribution in [-0.4, -0.2) is 65.4 Å².